The lowest BCUT2D eigenvalue weighted by Gasteiger charge is -2.11. The number of ether oxygens (including phenoxy) is 2. The van der Waals surface area contributed by atoms with Gasteiger partial charge >= 0.3 is 0 Å². The van der Waals surface area contributed by atoms with Gasteiger partial charge in [0, 0.05) is 5.02 Å². The SMILES string of the molecule is C#CCOc1c(Br)cc(/C=N\NCc2ccc(Cl)cc2)cc1OC. The Labute approximate surface area is 154 Å². The van der Waals surface area contributed by atoms with Crippen LogP contribution in [0.4, 0.5) is 0 Å². The minimum absolute atomic E-state index is 0.172. The lowest BCUT2D eigenvalue weighted by molar-refractivity contribution is 0.329. The smallest absolute Gasteiger partial charge is 0.176 e. The van der Waals surface area contributed by atoms with Crippen LogP contribution in [0.25, 0.3) is 0 Å². The first-order valence-corrected chi connectivity index (χ1v) is 8.25. The van der Waals surface area contributed by atoms with E-state index < -0.39 is 0 Å². The van der Waals surface area contributed by atoms with Crippen molar-refractivity contribution in [1.29, 1.82) is 0 Å². The molecule has 24 heavy (non-hydrogen) atoms. The molecule has 0 fully saturated rings. The largest absolute Gasteiger partial charge is 0.493 e. The third-order valence-corrected chi connectivity index (χ3v) is 3.89. The van der Waals surface area contributed by atoms with E-state index in [0.717, 1.165) is 15.6 Å². The van der Waals surface area contributed by atoms with Crippen molar-refractivity contribution in [3.8, 4) is 23.8 Å². The Morgan fingerprint density at radius 3 is 2.75 bits per heavy atom. The average Bonchev–Trinajstić information content (AvgIpc) is 2.59. The molecule has 0 unspecified atom stereocenters. The van der Waals surface area contributed by atoms with Crippen LogP contribution in [0, 0.1) is 12.3 Å². The van der Waals surface area contributed by atoms with Crippen LogP contribution >= 0.6 is 27.5 Å². The third-order valence-electron chi connectivity index (χ3n) is 3.05. The van der Waals surface area contributed by atoms with Crippen LogP contribution in [0.3, 0.4) is 0 Å². The predicted octanol–water partition coefficient (Wildman–Crippen LogP) is 4.25. The molecule has 0 atom stereocenters. The number of hydrogen-bond donors (Lipinski definition) is 1. The first-order chi connectivity index (χ1) is 11.6. The van der Waals surface area contributed by atoms with Crippen molar-refractivity contribution in [3.05, 3.63) is 57.0 Å². The van der Waals surface area contributed by atoms with Crippen molar-refractivity contribution in [3.63, 3.8) is 0 Å². The van der Waals surface area contributed by atoms with Crippen molar-refractivity contribution in [2.75, 3.05) is 13.7 Å². The van der Waals surface area contributed by atoms with Gasteiger partial charge in [-0.25, -0.2) is 0 Å². The van der Waals surface area contributed by atoms with Crippen LogP contribution in [-0.2, 0) is 6.54 Å². The molecule has 2 aromatic carbocycles. The predicted molar refractivity (Wildman–Crippen MR) is 101 cm³/mol. The number of nitrogens with zero attached hydrogens (tertiary/aromatic N) is 1. The highest BCUT2D eigenvalue weighted by molar-refractivity contribution is 9.10. The molecule has 0 heterocycles. The summed E-state index contributed by atoms with van der Waals surface area (Å²) in [5, 5.41) is 4.92. The van der Waals surface area contributed by atoms with Crippen molar-refractivity contribution in [2.24, 2.45) is 5.10 Å². The summed E-state index contributed by atoms with van der Waals surface area (Å²) in [6, 6.07) is 11.3. The summed E-state index contributed by atoms with van der Waals surface area (Å²) < 4.78 is 11.6. The molecular weight excluding hydrogens is 392 g/mol. The molecule has 0 aliphatic rings. The van der Waals surface area contributed by atoms with Crippen molar-refractivity contribution < 1.29 is 9.47 Å². The van der Waals surface area contributed by atoms with Gasteiger partial charge in [0.2, 0.25) is 0 Å². The maximum atomic E-state index is 5.85. The van der Waals surface area contributed by atoms with Gasteiger partial charge in [-0.3, -0.25) is 0 Å². The van der Waals surface area contributed by atoms with Crippen LogP contribution in [0.2, 0.25) is 5.02 Å². The summed E-state index contributed by atoms with van der Waals surface area (Å²) in [5.74, 6) is 3.58. The normalized spacial score (nSPS) is 10.4. The Morgan fingerprint density at radius 2 is 2.08 bits per heavy atom. The zero-order chi connectivity index (χ0) is 17.4. The van der Waals surface area contributed by atoms with Crippen LogP contribution < -0.4 is 14.9 Å². The molecule has 0 saturated carbocycles. The quantitative estimate of drug-likeness (QED) is 0.424. The molecule has 4 nitrogen and oxygen atoms in total. The number of methoxy groups -OCH3 is 1. The summed E-state index contributed by atoms with van der Waals surface area (Å²) in [6.45, 7) is 0.778. The van der Waals surface area contributed by atoms with Crippen molar-refractivity contribution >= 4 is 33.7 Å². The van der Waals surface area contributed by atoms with E-state index in [4.69, 9.17) is 27.5 Å². The molecule has 0 bridgehead atoms. The molecule has 0 aliphatic carbocycles. The first kappa shape index (κ1) is 18.2. The molecule has 2 rings (SSSR count). The van der Waals surface area contributed by atoms with E-state index in [9.17, 15) is 0 Å². The number of nitrogens with one attached hydrogen (secondary N) is 1. The second-order valence-corrected chi connectivity index (χ2v) is 6.04. The van der Waals surface area contributed by atoms with E-state index in [0.29, 0.717) is 23.1 Å². The Kier molecular flexibility index (Phi) is 6.98. The van der Waals surface area contributed by atoms with Crippen molar-refractivity contribution in [2.45, 2.75) is 6.54 Å². The topological polar surface area (TPSA) is 42.8 Å². The number of rotatable bonds is 7. The fourth-order valence-electron chi connectivity index (χ4n) is 1.93. The van der Waals surface area contributed by atoms with E-state index in [1.807, 2.05) is 36.4 Å². The van der Waals surface area contributed by atoms with Crippen LogP contribution in [0.15, 0.2) is 46.0 Å². The number of hydrazone groups is 1. The molecule has 2 aromatic rings. The molecule has 1 N–H and O–H groups in total. The number of benzene rings is 2. The van der Waals surface area contributed by atoms with Gasteiger partial charge in [-0.05, 0) is 51.3 Å². The molecule has 0 amide bonds. The average molecular weight is 408 g/mol. The van der Waals surface area contributed by atoms with Crippen LogP contribution in [0.5, 0.6) is 11.5 Å². The zero-order valence-electron chi connectivity index (χ0n) is 13.1. The number of hydrogen-bond acceptors (Lipinski definition) is 4. The third kappa shape index (κ3) is 5.19. The van der Waals surface area contributed by atoms with E-state index in [2.05, 4.69) is 32.4 Å². The van der Waals surface area contributed by atoms with Gasteiger partial charge in [0.15, 0.2) is 11.5 Å². The molecule has 0 radical (unpaired) electrons. The molecule has 6 heteroatoms. The number of terminal acetylenes is 1. The Morgan fingerprint density at radius 1 is 1.33 bits per heavy atom. The van der Waals surface area contributed by atoms with Crippen LogP contribution in [-0.4, -0.2) is 19.9 Å². The fraction of sp³-hybridized carbons (Fsp3) is 0.167. The van der Waals surface area contributed by atoms with Gasteiger partial charge in [0.25, 0.3) is 0 Å². The standard InChI is InChI=1S/C18H16BrClN2O2/c1-3-8-24-18-16(19)9-14(10-17(18)23-2)12-22-21-11-13-4-6-15(20)7-5-13/h1,4-7,9-10,12,21H,8,11H2,2H3/b22-12-. The summed E-state index contributed by atoms with van der Waals surface area (Å²) in [7, 11) is 1.57. The summed E-state index contributed by atoms with van der Waals surface area (Å²) in [6.07, 6.45) is 6.92. The maximum absolute atomic E-state index is 5.85. The van der Waals surface area contributed by atoms with Gasteiger partial charge in [-0.2, -0.15) is 5.10 Å². The van der Waals surface area contributed by atoms with Gasteiger partial charge in [0.05, 0.1) is 24.3 Å². The van der Waals surface area contributed by atoms with Gasteiger partial charge in [-0.1, -0.05) is 29.7 Å². The van der Waals surface area contributed by atoms with E-state index in [1.165, 1.54) is 0 Å². The summed E-state index contributed by atoms with van der Waals surface area (Å²) in [5.41, 5.74) is 4.94. The van der Waals surface area contributed by atoms with Crippen molar-refractivity contribution in [1.82, 2.24) is 5.43 Å². The van der Waals surface area contributed by atoms with E-state index >= 15 is 0 Å². The summed E-state index contributed by atoms with van der Waals surface area (Å²) >= 11 is 9.31. The first-order valence-electron chi connectivity index (χ1n) is 7.08. The zero-order valence-corrected chi connectivity index (χ0v) is 15.4. The second kappa shape index (κ2) is 9.21. The minimum Gasteiger partial charge on any atom is -0.493 e. The summed E-state index contributed by atoms with van der Waals surface area (Å²) in [4.78, 5) is 0. The fourth-order valence-corrected chi connectivity index (χ4v) is 2.63. The van der Waals surface area contributed by atoms with E-state index in [-0.39, 0.29) is 6.61 Å². The Balaban J connectivity index is 2.02. The molecule has 0 saturated heterocycles. The Bertz CT molecular complexity index is 755. The van der Waals surface area contributed by atoms with Gasteiger partial charge in [-0.15, -0.1) is 6.42 Å². The van der Waals surface area contributed by atoms with Crippen LogP contribution in [0.1, 0.15) is 11.1 Å². The highest BCUT2D eigenvalue weighted by Gasteiger charge is 2.10. The maximum Gasteiger partial charge on any atom is 0.176 e. The van der Waals surface area contributed by atoms with Gasteiger partial charge < -0.3 is 14.9 Å². The molecular formula is C18H16BrClN2O2. The molecule has 124 valence electrons. The lowest BCUT2D eigenvalue weighted by Crippen LogP contribution is -2.05. The number of halogens is 2. The molecule has 0 spiro atoms. The monoisotopic (exact) mass is 406 g/mol. The molecule has 0 aromatic heterocycles. The lowest BCUT2D eigenvalue weighted by atomic mass is 10.2. The van der Waals surface area contributed by atoms with E-state index in [1.54, 1.807) is 13.3 Å². The highest BCUT2D eigenvalue weighted by atomic mass is 79.9. The minimum atomic E-state index is 0.172. The van der Waals surface area contributed by atoms with Gasteiger partial charge in [0.1, 0.15) is 6.61 Å². The Hall–Kier alpha value is -2.16. The molecule has 0 aliphatic heterocycles. The highest BCUT2D eigenvalue weighted by Crippen LogP contribution is 2.36. The second-order valence-electron chi connectivity index (χ2n) is 4.75.